The minimum Gasteiger partial charge on any atom is -0.327 e. The molecule has 1 heterocycles. The highest BCUT2D eigenvalue weighted by Crippen LogP contribution is 2.50. The van der Waals surface area contributed by atoms with Gasteiger partial charge in [-0.3, -0.25) is 0 Å². The monoisotopic (exact) mass is 233 g/mol. The maximum Gasteiger partial charge on any atom is 0.0108 e. The molecule has 1 aromatic carbocycles. The Morgan fingerprint density at radius 3 is 2.25 bits per heavy atom. The van der Waals surface area contributed by atoms with E-state index in [-0.39, 0.29) is 6.04 Å². The van der Waals surface area contributed by atoms with Crippen LogP contribution in [-0.2, 0) is 5.41 Å². The minimum absolute atomic E-state index is 0.289. The minimum atomic E-state index is 0.289. The van der Waals surface area contributed by atoms with Gasteiger partial charge in [-0.1, -0.05) is 24.3 Å². The first-order valence-electron chi connectivity index (χ1n) is 6.16. The largest absolute Gasteiger partial charge is 0.327 e. The van der Waals surface area contributed by atoms with Gasteiger partial charge in [0.05, 0.1) is 0 Å². The van der Waals surface area contributed by atoms with Crippen molar-refractivity contribution in [2.45, 2.75) is 37.1 Å². The van der Waals surface area contributed by atoms with Gasteiger partial charge in [-0.2, -0.15) is 11.8 Å². The van der Waals surface area contributed by atoms with E-state index >= 15 is 0 Å². The quantitative estimate of drug-likeness (QED) is 0.868. The van der Waals surface area contributed by atoms with E-state index in [1.54, 1.807) is 0 Å². The lowest BCUT2D eigenvalue weighted by atomic mass is 9.88. The van der Waals surface area contributed by atoms with Gasteiger partial charge in [0.15, 0.2) is 0 Å². The topological polar surface area (TPSA) is 26.0 Å². The molecule has 3 rings (SSSR count). The number of rotatable bonds is 3. The number of hydrogen-bond donors (Lipinski definition) is 1. The number of nitrogens with two attached hydrogens (primary N) is 1. The van der Waals surface area contributed by atoms with Crippen molar-refractivity contribution < 1.29 is 0 Å². The predicted molar refractivity (Wildman–Crippen MR) is 71.1 cm³/mol. The average molecular weight is 233 g/mol. The molecule has 2 aliphatic rings. The van der Waals surface area contributed by atoms with Crippen LogP contribution >= 0.6 is 11.8 Å². The SMILES string of the molecule is CC(N)C1(c2ccc(C3CSC3)cc2)CC1. The van der Waals surface area contributed by atoms with Crippen LogP contribution in [-0.4, -0.2) is 17.5 Å². The third-order valence-corrected chi connectivity index (χ3v) is 5.53. The summed E-state index contributed by atoms with van der Waals surface area (Å²) in [5.74, 6) is 3.42. The summed E-state index contributed by atoms with van der Waals surface area (Å²) in [4.78, 5) is 0. The molecular formula is C14H19NS. The first-order chi connectivity index (χ1) is 7.72. The van der Waals surface area contributed by atoms with E-state index in [1.165, 1.54) is 35.5 Å². The maximum absolute atomic E-state index is 6.10. The van der Waals surface area contributed by atoms with Crippen molar-refractivity contribution in [2.24, 2.45) is 5.73 Å². The molecule has 1 aromatic rings. The smallest absolute Gasteiger partial charge is 0.0108 e. The van der Waals surface area contributed by atoms with E-state index in [0.29, 0.717) is 5.41 Å². The van der Waals surface area contributed by atoms with Crippen LogP contribution < -0.4 is 5.73 Å². The molecule has 0 amide bonds. The second-order valence-electron chi connectivity index (χ2n) is 5.30. The zero-order chi connectivity index (χ0) is 11.2. The van der Waals surface area contributed by atoms with E-state index in [9.17, 15) is 0 Å². The van der Waals surface area contributed by atoms with Crippen LogP contribution in [0.3, 0.4) is 0 Å². The molecule has 0 bridgehead atoms. The van der Waals surface area contributed by atoms with Gasteiger partial charge in [-0.25, -0.2) is 0 Å². The van der Waals surface area contributed by atoms with Gasteiger partial charge in [0.25, 0.3) is 0 Å². The van der Waals surface area contributed by atoms with Crippen molar-refractivity contribution in [2.75, 3.05) is 11.5 Å². The normalized spacial score (nSPS) is 24.9. The maximum atomic E-state index is 6.10. The number of benzene rings is 1. The van der Waals surface area contributed by atoms with E-state index in [4.69, 9.17) is 5.73 Å². The number of thioether (sulfide) groups is 1. The van der Waals surface area contributed by atoms with Crippen molar-refractivity contribution in [1.29, 1.82) is 0 Å². The third-order valence-electron chi connectivity index (χ3n) is 4.26. The Kier molecular flexibility index (Phi) is 2.52. The lowest BCUT2D eigenvalue weighted by Crippen LogP contribution is -2.31. The standard InChI is InChI=1S/C14H19NS/c1-10(15)14(6-7-14)13-4-2-11(3-5-13)12-8-16-9-12/h2-5,10,12H,6-9,15H2,1H3. The predicted octanol–water partition coefficient (Wildman–Crippen LogP) is 2.90. The van der Waals surface area contributed by atoms with Crippen LogP contribution in [0.5, 0.6) is 0 Å². The molecule has 1 saturated heterocycles. The molecule has 2 fully saturated rings. The lowest BCUT2D eigenvalue weighted by molar-refractivity contribution is 0.556. The van der Waals surface area contributed by atoms with Crippen LogP contribution in [0.25, 0.3) is 0 Å². The summed E-state index contributed by atoms with van der Waals surface area (Å²) in [5.41, 5.74) is 9.38. The van der Waals surface area contributed by atoms with Gasteiger partial charge in [0.2, 0.25) is 0 Å². The van der Waals surface area contributed by atoms with Crippen molar-refractivity contribution >= 4 is 11.8 Å². The summed E-state index contributed by atoms with van der Waals surface area (Å²) in [5, 5.41) is 0. The first kappa shape index (κ1) is 10.7. The molecule has 0 radical (unpaired) electrons. The van der Waals surface area contributed by atoms with Crippen LogP contribution in [0.1, 0.15) is 36.8 Å². The van der Waals surface area contributed by atoms with Gasteiger partial charge in [-0.15, -0.1) is 0 Å². The van der Waals surface area contributed by atoms with Gasteiger partial charge in [-0.05, 0) is 30.9 Å². The first-order valence-corrected chi connectivity index (χ1v) is 7.32. The highest BCUT2D eigenvalue weighted by molar-refractivity contribution is 8.00. The average Bonchev–Trinajstić information content (AvgIpc) is 2.97. The highest BCUT2D eigenvalue weighted by Gasteiger charge is 2.47. The summed E-state index contributed by atoms with van der Waals surface area (Å²) >= 11 is 2.05. The molecule has 0 aromatic heterocycles. The Balaban J connectivity index is 1.82. The van der Waals surface area contributed by atoms with Crippen molar-refractivity contribution in [1.82, 2.24) is 0 Å². The van der Waals surface area contributed by atoms with Crippen LogP contribution in [0.15, 0.2) is 24.3 Å². The zero-order valence-corrected chi connectivity index (χ0v) is 10.6. The summed E-state index contributed by atoms with van der Waals surface area (Å²) in [6.07, 6.45) is 2.53. The van der Waals surface area contributed by atoms with Crippen LogP contribution in [0.4, 0.5) is 0 Å². The Hall–Kier alpha value is -0.470. The molecule has 1 saturated carbocycles. The third kappa shape index (κ3) is 1.59. The molecular weight excluding hydrogens is 214 g/mol. The molecule has 16 heavy (non-hydrogen) atoms. The number of hydrogen-bond acceptors (Lipinski definition) is 2. The Morgan fingerprint density at radius 1 is 1.25 bits per heavy atom. The molecule has 1 aliphatic heterocycles. The van der Waals surface area contributed by atoms with E-state index in [1.807, 2.05) is 11.8 Å². The Bertz CT molecular complexity index is 374. The molecule has 86 valence electrons. The fraction of sp³-hybridized carbons (Fsp3) is 0.571. The van der Waals surface area contributed by atoms with Gasteiger partial charge in [0.1, 0.15) is 0 Å². The lowest BCUT2D eigenvalue weighted by Gasteiger charge is -2.26. The zero-order valence-electron chi connectivity index (χ0n) is 9.78. The molecule has 2 heteroatoms. The van der Waals surface area contributed by atoms with Gasteiger partial charge in [0, 0.05) is 28.9 Å². The van der Waals surface area contributed by atoms with Crippen molar-refractivity contribution in [3.05, 3.63) is 35.4 Å². The summed E-state index contributed by atoms with van der Waals surface area (Å²) < 4.78 is 0. The van der Waals surface area contributed by atoms with E-state index in [0.717, 1.165) is 5.92 Å². The van der Waals surface area contributed by atoms with Crippen LogP contribution in [0, 0.1) is 0 Å². The highest BCUT2D eigenvalue weighted by atomic mass is 32.2. The molecule has 2 N–H and O–H groups in total. The fourth-order valence-electron chi connectivity index (χ4n) is 2.66. The van der Waals surface area contributed by atoms with Gasteiger partial charge >= 0.3 is 0 Å². The summed E-state index contributed by atoms with van der Waals surface area (Å²) in [7, 11) is 0. The summed E-state index contributed by atoms with van der Waals surface area (Å²) in [6.45, 7) is 2.14. The van der Waals surface area contributed by atoms with Crippen molar-refractivity contribution in [3.63, 3.8) is 0 Å². The second-order valence-corrected chi connectivity index (χ2v) is 6.38. The molecule has 1 unspecified atom stereocenters. The van der Waals surface area contributed by atoms with E-state index in [2.05, 4.69) is 31.2 Å². The summed E-state index contributed by atoms with van der Waals surface area (Å²) in [6, 6.07) is 9.56. The van der Waals surface area contributed by atoms with E-state index < -0.39 is 0 Å². The molecule has 1 nitrogen and oxygen atoms in total. The second kappa shape index (κ2) is 3.78. The Labute approximate surface area is 102 Å². The molecule has 0 spiro atoms. The Morgan fingerprint density at radius 2 is 1.88 bits per heavy atom. The fourth-order valence-corrected chi connectivity index (χ4v) is 3.51. The molecule has 1 aliphatic carbocycles. The van der Waals surface area contributed by atoms with Crippen molar-refractivity contribution in [3.8, 4) is 0 Å². The van der Waals surface area contributed by atoms with Gasteiger partial charge < -0.3 is 5.73 Å². The molecule has 1 atom stereocenters. The van der Waals surface area contributed by atoms with Crippen LogP contribution in [0.2, 0.25) is 0 Å².